The molecule has 0 aliphatic heterocycles. The largest absolute Gasteiger partial charge is 0.452 e. The van der Waals surface area contributed by atoms with E-state index in [-0.39, 0.29) is 12.0 Å². The van der Waals surface area contributed by atoms with Crippen molar-refractivity contribution in [3.8, 4) is 0 Å². The van der Waals surface area contributed by atoms with Crippen LogP contribution < -0.4 is 5.43 Å². The standard InChI is InChI=1S/C24H34N2O7/c1-7-9-15-19(26(24(30)32-17(5)6)25-23(29)31-16(3)4)21(27)20(8-2)33-22(28)18-13-11-10-12-14-18/h7-8,10-14,16-17,19-21,27H,1-2,9,15H2,3-6H3,(H,25,29)/t19-,20+,21-/m1/s1. The Morgan fingerprint density at radius 2 is 1.64 bits per heavy atom. The zero-order valence-corrected chi connectivity index (χ0v) is 19.6. The molecule has 0 spiro atoms. The van der Waals surface area contributed by atoms with Crippen LogP contribution in [0.4, 0.5) is 9.59 Å². The first-order valence-electron chi connectivity index (χ1n) is 10.7. The number of amides is 2. The fourth-order valence-corrected chi connectivity index (χ4v) is 2.84. The van der Waals surface area contributed by atoms with Crippen molar-refractivity contribution in [1.82, 2.24) is 10.4 Å². The topological polar surface area (TPSA) is 114 Å². The minimum absolute atomic E-state index is 0.174. The van der Waals surface area contributed by atoms with Crippen LogP contribution in [0.5, 0.6) is 0 Å². The minimum Gasteiger partial charge on any atom is -0.452 e. The number of allylic oxidation sites excluding steroid dienone is 1. The molecule has 2 N–H and O–H groups in total. The van der Waals surface area contributed by atoms with E-state index in [1.807, 2.05) is 0 Å². The van der Waals surface area contributed by atoms with Crippen molar-refractivity contribution in [3.63, 3.8) is 0 Å². The molecule has 0 radical (unpaired) electrons. The quantitative estimate of drug-likeness (QED) is 0.221. The summed E-state index contributed by atoms with van der Waals surface area (Å²) in [5.74, 6) is -0.675. The first kappa shape index (κ1) is 27.7. The van der Waals surface area contributed by atoms with Gasteiger partial charge >= 0.3 is 18.2 Å². The van der Waals surface area contributed by atoms with E-state index in [0.717, 1.165) is 5.01 Å². The summed E-state index contributed by atoms with van der Waals surface area (Å²) in [5, 5.41) is 12.0. The highest BCUT2D eigenvalue weighted by molar-refractivity contribution is 5.89. The molecule has 1 rings (SSSR count). The lowest BCUT2D eigenvalue weighted by Crippen LogP contribution is -2.59. The highest BCUT2D eigenvalue weighted by Crippen LogP contribution is 2.19. The minimum atomic E-state index is -1.45. The van der Waals surface area contributed by atoms with Crippen molar-refractivity contribution in [1.29, 1.82) is 0 Å². The van der Waals surface area contributed by atoms with E-state index >= 15 is 0 Å². The number of nitrogens with zero attached hydrogens (tertiary/aromatic N) is 1. The summed E-state index contributed by atoms with van der Waals surface area (Å²) in [6, 6.07) is 7.19. The average Bonchev–Trinajstić information content (AvgIpc) is 2.76. The molecule has 9 nitrogen and oxygen atoms in total. The molecule has 0 aliphatic carbocycles. The van der Waals surface area contributed by atoms with Crippen LogP contribution in [0, 0.1) is 0 Å². The van der Waals surface area contributed by atoms with Gasteiger partial charge in [0.15, 0.2) is 0 Å². The highest BCUT2D eigenvalue weighted by atomic mass is 16.6. The molecule has 0 saturated carbocycles. The molecular formula is C24H34N2O7. The number of rotatable bonds is 11. The summed E-state index contributed by atoms with van der Waals surface area (Å²) >= 11 is 0. The third-order valence-corrected chi connectivity index (χ3v) is 4.30. The monoisotopic (exact) mass is 462 g/mol. The SMILES string of the molecule is C=CCC[C@H]([C@@H](O)[C@H](C=C)OC(=O)c1ccccc1)N(NC(=O)OC(C)C)C(=O)OC(C)C. The van der Waals surface area contributed by atoms with Crippen molar-refractivity contribution in [3.05, 3.63) is 61.2 Å². The Morgan fingerprint density at radius 1 is 1.03 bits per heavy atom. The first-order chi connectivity index (χ1) is 15.6. The number of carbonyl (C=O) groups is 3. The van der Waals surface area contributed by atoms with Gasteiger partial charge in [-0.05, 0) is 58.7 Å². The number of hydrogen-bond acceptors (Lipinski definition) is 7. The summed E-state index contributed by atoms with van der Waals surface area (Å²) < 4.78 is 15.7. The van der Waals surface area contributed by atoms with Crippen molar-refractivity contribution in [2.45, 2.75) is 71.0 Å². The molecule has 1 aromatic carbocycles. The molecule has 9 heteroatoms. The molecule has 0 unspecified atom stereocenters. The van der Waals surface area contributed by atoms with Crippen LogP contribution in [0.1, 0.15) is 50.9 Å². The lowest BCUT2D eigenvalue weighted by Gasteiger charge is -2.36. The van der Waals surface area contributed by atoms with Gasteiger partial charge in [0.25, 0.3) is 0 Å². The van der Waals surface area contributed by atoms with E-state index in [1.165, 1.54) is 6.08 Å². The Hall–Kier alpha value is -3.33. The van der Waals surface area contributed by atoms with E-state index in [2.05, 4.69) is 18.6 Å². The normalized spacial score (nSPS) is 13.4. The van der Waals surface area contributed by atoms with Gasteiger partial charge in [-0.1, -0.05) is 30.9 Å². The number of carbonyl (C=O) groups excluding carboxylic acids is 3. The zero-order valence-electron chi connectivity index (χ0n) is 19.6. The number of hydrazine groups is 1. The molecule has 0 fully saturated rings. The van der Waals surface area contributed by atoms with Crippen molar-refractivity contribution < 1.29 is 33.7 Å². The van der Waals surface area contributed by atoms with Gasteiger partial charge in [0.05, 0.1) is 23.8 Å². The number of benzene rings is 1. The van der Waals surface area contributed by atoms with Crippen LogP contribution in [0.3, 0.4) is 0 Å². The number of hydrogen-bond donors (Lipinski definition) is 2. The Labute approximate surface area is 195 Å². The Balaban J connectivity index is 3.21. The smallest absolute Gasteiger partial charge is 0.429 e. The summed E-state index contributed by atoms with van der Waals surface area (Å²) in [6.07, 6.45) is -1.99. The summed E-state index contributed by atoms with van der Waals surface area (Å²) in [4.78, 5) is 37.6. The van der Waals surface area contributed by atoms with Crippen LogP contribution in [0.2, 0.25) is 0 Å². The molecule has 1 aromatic rings. The predicted molar refractivity (Wildman–Crippen MR) is 123 cm³/mol. The Morgan fingerprint density at radius 3 is 2.15 bits per heavy atom. The van der Waals surface area contributed by atoms with E-state index in [1.54, 1.807) is 64.1 Å². The summed E-state index contributed by atoms with van der Waals surface area (Å²) in [6.45, 7) is 13.9. The van der Waals surface area contributed by atoms with Crippen LogP contribution in [-0.2, 0) is 14.2 Å². The first-order valence-corrected chi connectivity index (χ1v) is 10.7. The second-order valence-electron chi connectivity index (χ2n) is 7.76. The van der Waals surface area contributed by atoms with Gasteiger partial charge in [0.2, 0.25) is 0 Å². The maximum absolute atomic E-state index is 12.8. The average molecular weight is 463 g/mol. The molecule has 2 amide bonds. The van der Waals surface area contributed by atoms with Gasteiger partial charge in [0.1, 0.15) is 12.2 Å². The number of ether oxygens (including phenoxy) is 3. The molecule has 0 heterocycles. The maximum Gasteiger partial charge on any atom is 0.429 e. The second kappa shape index (κ2) is 13.9. The van der Waals surface area contributed by atoms with Crippen LogP contribution in [0.25, 0.3) is 0 Å². The van der Waals surface area contributed by atoms with Crippen molar-refractivity contribution >= 4 is 18.2 Å². The van der Waals surface area contributed by atoms with E-state index in [0.29, 0.717) is 6.42 Å². The molecule has 0 aromatic heterocycles. The maximum atomic E-state index is 12.8. The summed E-state index contributed by atoms with van der Waals surface area (Å²) in [7, 11) is 0. The van der Waals surface area contributed by atoms with Crippen LogP contribution in [-0.4, -0.2) is 58.7 Å². The molecule has 33 heavy (non-hydrogen) atoms. The Bertz CT molecular complexity index is 795. The molecule has 0 saturated heterocycles. The number of nitrogens with one attached hydrogen (secondary N) is 1. The van der Waals surface area contributed by atoms with E-state index in [9.17, 15) is 19.5 Å². The highest BCUT2D eigenvalue weighted by Gasteiger charge is 2.37. The second-order valence-corrected chi connectivity index (χ2v) is 7.76. The molecule has 3 atom stereocenters. The van der Waals surface area contributed by atoms with Crippen molar-refractivity contribution in [2.75, 3.05) is 0 Å². The third-order valence-electron chi connectivity index (χ3n) is 4.30. The number of aliphatic hydroxyl groups excluding tert-OH is 1. The molecular weight excluding hydrogens is 428 g/mol. The van der Waals surface area contributed by atoms with E-state index < -0.39 is 48.6 Å². The third kappa shape index (κ3) is 9.36. The lowest BCUT2D eigenvalue weighted by atomic mass is 9.99. The van der Waals surface area contributed by atoms with Gasteiger partial charge in [-0.25, -0.2) is 24.8 Å². The van der Waals surface area contributed by atoms with Gasteiger partial charge in [-0.15, -0.1) is 6.58 Å². The van der Waals surface area contributed by atoms with Gasteiger partial charge in [-0.3, -0.25) is 0 Å². The van der Waals surface area contributed by atoms with E-state index in [4.69, 9.17) is 14.2 Å². The number of aliphatic hydroxyl groups is 1. The Kier molecular flexibility index (Phi) is 11.7. The lowest BCUT2D eigenvalue weighted by molar-refractivity contribution is -0.0506. The van der Waals surface area contributed by atoms with Crippen molar-refractivity contribution in [2.24, 2.45) is 0 Å². The molecule has 0 bridgehead atoms. The van der Waals surface area contributed by atoms with Gasteiger partial charge in [-0.2, -0.15) is 0 Å². The summed E-state index contributed by atoms with van der Waals surface area (Å²) in [5.41, 5.74) is 2.62. The van der Waals surface area contributed by atoms with Gasteiger partial charge in [0, 0.05) is 0 Å². The molecule has 0 aliphatic rings. The van der Waals surface area contributed by atoms with Gasteiger partial charge < -0.3 is 19.3 Å². The van der Waals surface area contributed by atoms with Crippen LogP contribution in [0.15, 0.2) is 55.6 Å². The number of esters is 1. The fourth-order valence-electron chi connectivity index (χ4n) is 2.84. The zero-order chi connectivity index (χ0) is 25.0. The predicted octanol–water partition coefficient (Wildman–Crippen LogP) is 3.99. The van der Waals surface area contributed by atoms with Crippen LogP contribution >= 0.6 is 0 Å². The molecule has 182 valence electrons. The fraction of sp³-hybridized carbons (Fsp3) is 0.458.